The molecular weight excluding hydrogens is 182 g/mol. The van der Waals surface area contributed by atoms with Crippen molar-refractivity contribution in [3.63, 3.8) is 0 Å². The summed E-state index contributed by atoms with van der Waals surface area (Å²) in [6.45, 7) is 4.03. The first-order chi connectivity index (χ1) is 6.45. The van der Waals surface area contributed by atoms with E-state index in [-0.39, 0.29) is 18.1 Å². The van der Waals surface area contributed by atoms with Crippen molar-refractivity contribution in [1.29, 1.82) is 0 Å². The molecule has 0 radical (unpaired) electrons. The lowest BCUT2D eigenvalue weighted by Gasteiger charge is -2.34. The lowest BCUT2D eigenvalue weighted by atomic mass is 9.89. The number of carbonyl (C=O) groups excluding carboxylic acids is 1. The maximum absolute atomic E-state index is 11.3. The number of nitrogens with two attached hydrogens (primary N) is 1. The van der Waals surface area contributed by atoms with Gasteiger partial charge in [0.1, 0.15) is 0 Å². The van der Waals surface area contributed by atoms with Crippen molar-refractivity contribution in [2.24, 2.45) is 11.1 Å². The normalized spacial score (nSPS) is 26.9. The Balaban J connectivity index is 2.26. The van der Waals surface area contributed by atoms with Gasteiger partial charge in [0.25, 0.3) is 0 Å². The zero-order valence-electron chi connectivity index (χ0n) is 9.08. The standard InChI is InChI=1S/C10H19NO3/c1-10(2,9(12)13-3)6-14-8-4-7(11)5-8/h7-8H,4-6,11H2,1-3H3. The van der Waals surface area contributed by atoms with Crippen LogP contribution >= 0.6 is 0 Å². The second-order valence-corrected chi connectivity index (χ2v) is 4.54. The Hall–Kier alpha value is -0.610. The average molecular weight is 201 g/mol. The molecule has 0 aliphatic heterocycles. The molecule has 82 valence electrons. The lowest BCUT2D eigenvalue weighted by molar-refractivity contribution is -0.156. The fourth-order valence-corrected chi connectivity index (χ4v) is 1.40. The minimum absolute atomic E-state index is 0.230. The van der Waals surface area contributed by atoms with Crippen LogP contribution < -0.4 is 5.73 Å². The smallest absolute Gasteiger partial charge is 0.313 e. The fraction of sp³-hybridized carbons (Fsp3) is 0.900. The second kappa shape index (κ2) is 4.28. The van der Waals surface area contributed by atoms with E-state index in [0.717, 1.165) is 12.8 Å². The highest BCUT2D eigenvalue weighted by atomic mass is 16.5. The first-order valence-electron chi connectivity index (χ1n) is 4.91. The molecule has 0 bridgehead atoms. The van der Waals surface area contributed by atoms with Crippen LogP contribution in [0.1, 0.15) is 26.7 Å². The van der Waals surface area contributed by atoms with Crippen LogP contribution in [0.2, 0.25) is 0 Å². The first kappa shape index (κ1) is 11.5. The largest absolute Gasteiger partial charge is 0.469 e. The van der Waals surface area contributed by atoms with Crippen LogP contribution in [-0.2, 0) is 14.3 Å². The van der Waals surface area contributed by atoms with Crippen LogP contribution in [0.4, 0.5) is 0 Å². The van der Waals surface area contributed by atoms with E-state index in [9.17, 15) is 4.79 Å². The Morgan fingerprint density at radius 2 is 2.07 bits per heavy atom. The van der Waals surface area contributed by atoms with Crippen LogP contribution in [0, 0.1) is 5.41 Å². The molecule has 0 heterocycles. The lowest BCUT2D eigenvalue weighted by Crippen LogP contribution is -2.43. The number of esters is 1. The molecular formula is C10H19NO3. The molecule has 0 amide bonds. The van der Waals surface area contributed by atoms with Gasteiger partial charge in [-0.25, -0.2) is 0 Å². The number of methoxy groups -OCH3 is 1. The van der Waals surface area contributed by atoms with Crippen molar-refractivity contribution in [2.75, 3.05) is 13.7 Å². The van der Waals surface area contributed by atoms with E-state index >= 15 is 0 Å². The molecule has 1 fully saturated rings. The summed E-state index contributed by atoms with van der Waals surface area (Å²) in [5.41, 5.74) is 5.06. The van der Waals surface area contributed by atoms with Crippen LogP contribution in [-0.4, -0.2) is 31.8 Å². The van der Waals surface area contributed by atoms with E-state index in [4.69, 9.17) is 10.5 Å². The number of ether oxygens (including phenoxy) is 2. The van der Waals surface area contributed by atoms with E-state index in [0.29, 0.717) is 6.61 Å². The molecule has 1 aliphatic rings. The summed E-state index contributed by atoms with van der Waals surface area (Å²) < 4.78 is 10.2. The summed E-state index contributed by atoms with van der Waals surface area (Å²) >= 11 is 0. The summed E-state index contributed by atoms with van der Waals surface area (Å²) in [6, 6.07) is 0.279. The molecule has 0 atom stereocenters. The maximum atomic E-state index is 11.3. The van der Waals surface area contributed by atoms with Crippen molar-refractivity contribution >= 4 is 5.97 Å². The number of rotatable bonds is 4. The third-order valence-electron chi connectivity index (χ3n) is 2.55. The zero-order valence-corrected chi connectivity index (χ0v) is 9.08. The molecule has 0 spiro atoms. The van der Waals surface area contributed by atoms with Crippen LogP contribution in [0.25, 0.3) is 0 Å². The van der Waals surface area contributed by atoms with Gasteiger partial charge in [-0.2, -0.15) is 0 Å². The van der Waals surface area contributed by atoms with Crippen molar-refractivity contribution in [3.8, 4) is 0 Å². The quantitative estimate of drug-likeness (QED) is 0.680. The van der Waals surface area contributed by atoms with E-state index in [1.807, 2.05) is 13.8 Å². The van der Waals surface area contributed by atoms with Crippen molar-refractivity contribution in [1.82, 2.24) is 0 Å². The third kappa shape index (κ3) is 2.69. The van der Waals surface area contributed by atoms with E-state index in [1.54, 1.807) is 0 Å². The van der Waals surface area contributed by atoms with Gasteiger partial charge >= 0.3 is 5.97 Å². The molecule has 4 nitrogen and oxygen atoms in total. The van der Waals surface area contributed by atoms with Gasteiger partial charge in [0.2, 0.25) is 0 Å². The highest BCUT2D eigenvalue weighted by molar-refractivity contribution is 5.75. The molecule has 0 aromatic carbocycles. The second-order valence-electron chi connectivity index (χ2n) is 4.54. The van der Waals surface area contributed by atoms with Gasteiger partial charge in [-0.3, -0.25) is 4.79 Å². The number of carbonyl (C=O) groups is 1. The highest BCUT2D eigenvalue weighted by Gasteiger charge is 2.33. The minimum Gasteiger partial charge on any atom is -0.469 e. The predicted octanol–water partition coefficient (Wildman–Crippen LogP) is 0.692. The van der Waals surface area contributed by atoms with Crippen molar-refractivity contribution in [3.05, 3.63) is 0 Å². The zero-order chi connectivity index (χ0) is 10.8. The van der Waals surface area contributed by atoms with Crippen molar-refractivity contribution in [2.45, 2.75) is 38.8 Å². The van der Waals surface area contributed by atoms with Gasteiger partial charge < -0.3 is 15.2 Å². The van der Waals surface area contributed by atoms with Gasteiger partial charge in [-0.05, 0) is 26.7 Å². The van der Waals surface area contributed by atoms with Gasteiger partial charge in [0, 0.05) is 6.04 Å². The molecule has 14 heavy (non-hydrogen) atoms. The van der Waals surface area contributed by atoms with Gasteiger partial charge in [-0.15, -0.1) is 0 Å². The Kier molecular flexibility index (Phi) is 3.50. The first-order valence-corrected chi connectivity index (χ1v) is 4.91. The average Bonchev–Trinajstić information content (AvgIpc) is 2.09. The van der Waals surface area contributed by atoms with Gasteiger partial charge in [-0.1, -0.05) is 0 Å². The number of hydrogen-bond donors (Lipinski definition) is 1. The summed E-state index contributed by atoms with van der Waals surface area (Å²) in [5.74, 6) is -0.235. The van der Waals surface area contributed by atoms with E-state index in [1.165, 1.54) is 7.11 Å². The van der Waals surface area contributed by atoms with Crippen LogP contribution in [0.5, 0.6) is 0 Å². The molecule has 4 heteroatoms. The molecule has 0 saturated heterocycles. The van der Waals surface area contributed by atoms with Crippen molar-refractivity contribution < 1.29 is 14.3 Å². The molecule has 0 aromatic heterocycles. The van der Waals surface area contributed by atoms with Crippen LogP contribution in [0.3, 0.4) is 0 Å². The van der Waals surface area contributed by atoms with E-state index < -0.39 is 5.41 Å². The van der Waals surface area contributed by atoms with E-state index in [2.05, 4.69) is 4.74 Å². The molecule has 1 aliphatic carbocycles. The Morgan fingerprint density at radius 1 is 1.50 bits per heavy atom. The Morgan fingerprint density at radius 3 is 2.50 bits per heavy atom. The molecule has 0 aromatic rings. The maximum Gasteiger partial charge on any atom is 0.313 e. The molecule has 1 rings (SSSR count). The molecule has 0 unspecified atom stereocenters. The number of hydrogen-bond acceptors (Lipinski definition) is 4. The predicted molar refractivity (Wildman–Crippen MR) is 52.7 cm³/mol. The molecule has 2 N–H and O–H groups in total. The summed E-state index contributed by atoms with van der Waals surface area (Å²) in [5, 5.41) is 0. The third-order valence-corrected chi connectivity index (χ3v) is 2.55. The summed E-state index contributed by atoms with van der Waals surface area (Å²) in [4.78, 5) is 11.3. The summed E-state index contributed by atoms with van der Waals surface area (Å²) in [6.07, 6.45) is 2.03. The monoisotopic (exact) mass is 201 g/mol. The summed E-state index contributed by atoms with van der Waals surface area (Å²) in [7, 11) is 1.39. The Labute approximate surface area is 84.7 Å². The highest BCUT2D eigenvalue weighted by Crippen LogP contribution is 2.25. The van der Waals surface area contributed by atoms with Gasteiger partial charge in [0.15, 0.2) is 0 Å². The minimum atomic E-state index is -0.561. The van der Waals surface area contributed by atoms with Gasteiger partial charge in [0.05, 0.1) is 25.2 Å². The van der Waals surface area contributed by atoms with Crippen LogP contribution in [0.15, 0.2) is 0 Å². The topological polar surface area (TPSA) is 61.5 Å². The fourth-order valence-electron chi connectivity index (χ4n) is 1.40. The Bertz CT molecular complexity index is 209. The molecule has 1 saturated carbocycles. The SMILES string of the molecule is COC(=O)C(C)(C)COC1CC(N)C1.